The van der Waals surface area contributed by atoms with Gasteiger partial charge in [-0.1, -0.05) is 29.8 Å². The normalized spacial score (nSPS) is 30.1. The second-order valence-corrected chi connectivity index (χ2v) is 7.37. The van der Waals surface area contributed by atoms with Crippen LogP contribution >= 0.6 is 11.6 Å². The van der Waals surface area contributed by atoms with E-state index in [1.54, 1.807) is 0 Å². The first-order valence-electron chi connectivity index (χ1n) is 8.62. The number of halogens is 1. The molecule has 0 unspecified atom stereocenters. The van der Waals surface area contributed by atoms with Gasteiger partial charge in [-0.15, -0.1) is 0 Å². The maximum atomic E-state index is 12.4. The number of likely N-dealkylation sites (tertiary alicyclic amines) is 1. The fraction of sp³-hybridized carbons (Fsp3) is 0.500. The van der Waals surface area contributed by atoms with Gasteiger partial charge in [-0.3, -0.25) is 9.69 Å². The number of nitrogens with one attached hydrogen (secondary N) is 1. The molecule has 1 N–H and O–H groups in total. The summed E-state index contributed by atoms with van der Waals surface area (Å²) in [6, 6.07) is 8.22. The van der Waals surface area contributed by atoms with Crippen molar-refractivity contribution in [2.24, 2.45) is 0 Å². The highest BCUT2D eigenvalue weighted by Crippen LogP contribution is 2.45. The monoisotopic (exact) mass is 345 g/mol. The molecular weight excluding hydrogens is 326 g/mol. The number of ether oxygens (including phenoxy) is 1. The van der Waals surface area contributed by atoms with Gasteiger partial charge >= 0.3 is 0 Å². The molecule has 2 aromatic rings. The molecule has 126 valence electrons. The fourth-order valence-electron chi connectivity index (χ4n) is 4.70. The number of fused-ring (bicyclic) bond motifs is 1. The molecule has 1 spiro atoms. The molecule has 3 saturated heterocycles. The van der Waals surface area contributed by atoms with E-state index in [1.807, 2.05) is 29.2 Å². The van der Waals surface area contributed by atoms with Crippen LogP contribution in [0, 0.1) is 0 Å². The Morgan fingerprint density at radius 1 is 1.33 bits per heavy atom. The number of amides is 1. The van der Waals surface area contributed by atoms with Crippen molar-refractivity contribution in [3.05, 3.63) is 35.0 Å². The third kappa shape index (κ3) is 1.92. The summed E-state index contributed by atoms with van der Waals surface area (Å²) >= 11 is 6.58. The quantitative estimate of drug-likeness (QED) is 0.910. The van der Waals surface area contributed by atoms with Crippen LogP contribution in [0.5, 0.6) is 0 Å². The molecule has 3 aliphatic rings. The average molecular weight is 346 g/mol. The largest absolute Gasteiger partial charge is 0.356 e. The van der Waals surface area contributed by atoms with Gasteiger partial charge in [0, 0.05) is 49.1 Å². The van der Waals surface area contributed by atoms with Crippen molar-refractivity contribution >= 4 is 28.4 Å². The molecule has 24 heavy (non-hydrogen) atoms. The summed E-state index contributed by atoms with van der Waals surface area (Å²) in [7, 11) is 0. The number of carbonyl (C=O) groups excluding carboxylic acids is 1. The highest BCUT2D eigenvalue weighted by molar-refractivity contribution is 6.36. The summed E-state index contributed by atoms with van der Waals surface area (Å²) in [5, 5.41) is 1.85. The third-order valence-electron chi connectivity index (χ3n) is 5.80. The summed E-state index contributed by atoms with van der Waals surface area (Å²) in [5.74, 6) is 0.229. The minimum absolute atomic E-state index is 0.132. The van der Waals surface area contributed by atoms with E-state index in [4.69, 9.17) is 16.3 Å². The van der Waals surface area contributed by atoms with Crippen molar-refractivity contribution in [2.75, 3.05) is 19.7 Å². The highest BCUT2D eigenvalue weighted by atomic mass is 35.5. The van der Waals surface area contributed by atoms with E-state index < -0.39 is 5.72 Å². The number of benzene rings is 1. The van der Waals surface area contributed by atoms with Crippen LogP contribution in [0.15, 0.2) is 24.3 Å². The molecule has 1 amide bonds. The van der Waals surface area contributed by atoms with E-state index in [-0.39, 0.29) is 11.9 Å². The van der Waals surface area contributed by atoms with E-state index in [2.05, 4.69) is 9.88 Å². The summed E-state index contributed by atoms with van der Waals surface area (Å²) < 4.78 is 6.16. The Bertz CT molecular complexity index is 820. The summed E-state index contributed by atoms with van der Waals surface area (Å²) in [5.41, 5.74) is 1.69. The third-order valence-corrected chi connectivity index (χ3v) is 6.23. The Hall–Kier alpha value is -1.56. The first-order chi connectivity index (χ1) is 11.7. The van der Waals surface area contributed by atoms with Crippen molar-refractivity contribution in [1.29, 1.82) is 0 Å². The van der Waals surface area contributed by atoms with Crippen LogP contribution < -0.4 is 0 Å². The van der Waals surface area contributed by atoms with Crippen LogP contribution in [-0.2, 0) is 16.1 Å². The number of hydrogen-bond acceptors (Lipinski definition) is 3. The van der Waals surface area contributed by atoms with E-state index in [0.717, 1.165) is 60.7 Å². The van der Waals surface area contributed by atoms with Gasteiger partial charge in [0.05, 0.1) is 17.7 Å². The Kier molecular flexibility index (Phi) is 3.21. The van der Waals surface area contributed by atoms with Gasteiger partial charge in [0.1, 0.15) is 0 Å². The Morgan fingerprint density at radius 2 is 2.21 bits per heavy atom. The van der Waals surface area contributed by atoms with Gasteiger partial charge in [0.2, 0.25) is 5.91 Å². The van der Waals surface area contributed by atoms with Crippen LogP contribution in [-0.4, -0.2) is 52.2 Å². The number of rotatable bonds is 2. The van der Waals surface area contributed by atoms with Crippen LogP contribution in [0.25, 0.3) is 10.9 Å². The number of nitrogens with zero attached hydrogens (tertiary/aromatic N) is 2. The molecule has 5 nitrogen and oxygen atoms in total. The van der Waals surface area contributed by atoms with Gasteiger partial charge in [0.15, 0.2) is 5.72 Å². The molecule has 6 heteroatoms. The highest BCUT2D eigenvalue weighted by Gasteiger charge is 2.60. The zero-order valence-electron chi connectivity index (χ0n) is 13.4. The maximum Gasteiger partial charge on any atom is 0.226 e. The van der Waals surface area contributed by atoms with Crippen molar-refractivity contribution < 1.29 is 9.53 Å². The second-order valence-electron chi connectivity index (χ2n) is 7.00. The molecular formula is C18H20ClN3O2. The zero-order valence-corrected chi connectivity index (χ0v) is 14.2. The van der Waals surface area contributed by atoms with E-state index in [0.29, 0.717) is 6.42 Å². The van der Waals surface area contributed by atoms with Gasteiger partial charge in [0.25, 0.3) is 0 Å². The number of H-pyrrole nitrogens is 1. The van der Waals surface area contributed by atoms with Gasteiger partial charge in [-0.25, -0.2) is 0 Å². The van der Waals surface area contributed by atoms with Gasteiger partial charge < -0.3 is 14.6 Å². The van der Waals surface area contributed by atoms with Crippen molar-refractivity contribution in [3.8, 4) is 0 Å². The molecule has 3 fully saturated rings. The Morgan fingerprint density at radius 3 is 3.08 bits per heavy atom. The molecule has 0 radical (unpaired) electrons. The lowest BCUT2D eigenvalue weighted by Gasteiger charge is -2.42. The first kappa shape index (κ1) is 14.8. The predicted octanol–water partition coefficient (Wildman–Crippen LogP) is 2.74. The van der Waals surface area contributed by atoms with Crippen molar-refractivity contribution in [2.45, 2.75) is 37.6 Å². The lowest BCUT2D eigenvalue weighted by Crippen LogP contribution is -2.56. The number of para-hydroxylation sites is 1. The minimum atomic E-state index is -0.395. The maximum absolute atomic E-state index is 12.4. The van der Waals surface area contributed by atoms with E-state index in [1.165, 1.54) is 0 Å². The molecule has 2 atom stereocenters. The zero-order chi connectivity index (χ0) is 16.3. The fourth-order valence-corrected chi connectivity index (χ4v) is 4.97. The first-order valence-corrected chi connectivity index (χ1v) is 9.00. The summed E-state index contributed by atoms with van der Waals surface area (Å²) in [6.07, 6.45) is 2.38. The number of hydrogen-bond donors (Lipinski definition) is 1. The van der Waals surface area contributed by atoms with Crippen LogP contribution in [0.1, 0.15) is 25.0 Å². The van der Waals surface area contributed by atoms with E-state index >= 15 is 0 Å². The standard InChI is InChI=1S/C18H20ClN3O2/c19-17-12-4-1-2-5-13(12)20-14(17)11-21-8-6-18-15(21)10-16(23)22(18)7-3-9-24-18/h1-2,4-5,15,20H,3,6-11H2/t15-,18+/m1/s1. The minimum Gasteiger partial charge on any atom is -0.356 e. The summed E-state index contributed by atoms with van der Waals surface area (Å²) in [6.45, 7) is 3.24. The molecule has 0 aliphatic carbocycles. The molecule has 0 bridgehead atoms. The molecule has 3 aliphatic heterocycles. The lowest BCUT2D eigenvalue weighted by molar-refractivity contribution is -0.180. The van der Waals surface area contributed by atoms with Crippen molar-refractivity contribution in [1.82, 2.24) is 14.8 Å². The van der Waals surface area contributed by atoms with Crippen LogP contribution in [0.3, 0.4) is 0 Å². The smallest absolute Gasteiger partial charge is 0.226 e. The van der Waals surface area contributed by atoms with Crippen LogP contribution in [0.4, 0.5) is 0 Å². The molecule has 5 rings (SSSR count). The number of carbonyl (C=O) groups is 1. The molecule has 4 heterocycles. The predicted molar refractivity (Wildman–Crippen MR) is 91.8 cm³/mol. The SMILES string of the molecule is O=C1C[C@H]2N(Cc3[nH]c4ccccc4c3Cl)CC[C@]23OCCCN13. The van der Waals surface area contributed by atoms with E-state index in [9.17, 15) is 4.79 Å². The molecule has 1 aromatic heterocycles. The number of aromatic amines is 1. The second kappa shape index (κ2) is 5.22. The molecule has 0 saturated carbocycles. The van der Waals surface area contributed by atoms with Gasteiger partial charge in [-0.05, 0) is 12.5 Å². The van der Waals surface area contributed by atoms with Crippen LogP contribution in [0.2, 0.25) is 5.02 Å². The average Bonchev–Trinajstić information content (AvgIpc) is 3.19. The number of aromatic nitrogens is 1. The topological polar surface area (TPSA) is 48.6 Å². The molecule has 1 aromatic carbocycles. The van der Waals surface area contributed by atoms with Crippen molar-refractivity contribution in [3.63, 3.8) is 0 Å². The Balaban J connectivity index is 1.46. The van der Waals surface area contributed by atoms with Gasteiger partial charge in [-0.2, -0.15) is 0 Å². The summed E-state index contributed by atoms with van der Waals surface area (Å²) in [4.78, 5) is 20.2. The Labute approximate surface area is 145 Å². The lowest BCUT2D eigenvalue weighted by atomic mass is 10.0.